The van der Waals surface area contributed by atoms with Crippen molar-refractivity contribution >= 4 is 28.6 Å². The van der Waals surface area contributed by atoms with Gasteiger partial charge in [-0.2, -0.15) is 5.10 Å². The van der Waals surface area contributed by atoms with Crippen LogP contribution >= 0.6 is 0 Å². The second-order valence-corrected chi connectivity index (χ2v) is 9.73. The summed E-state index contributed by atoms with van der Waals surface area (Å²) < 4.78 is 16.0. The number of amides is 1. The molecule has 1 aromatic carbocycles. The number of aliphatic imine (C=N–C) groups is 1. The molecule has 194 valence electrons. The largest absolute Gasteiger partial charge is 0.386 e. The van der Waals surface area contributed by atoms with Gasteiger partial charge in [-0.1, -0.05) is 18.2 Å². The van der Waals surface area contributed by atoms with Crippen LogP contribution in [0.25, 0.3) is 22.6 Å². The fraction of sp³-hybridized carbons (Fsp3) is 0.179. The van der Waals surface area contributed by atoms with Crippen molar-refractivity contribution in [2.45, 2.75) is 32.4 Å². The predicted octanol–water partition coefficient (Wildman–Crippen LogP) is 3.68. The van der Waals surface area contributed by atoms with Crippen LogP contribution in [0.1, 0.15) is 41.0 Å². The molecule has 1 aliphatic rings. The zero-order valence-corrected chi connectivity index (χ0v) is 21.3. The van der Waals surface area contributed by atoms with Gasteiger partial charge < -0.3 is 11.1 Å². The van der Waals surface area contributed by atoms with Crippen LogP contribution in [0.2, 0.25) is 0 Å². The van der Waals surface area contributed by atoms with E-state index in [9.17, 15) is 9.18 Å². The Balaban J connectivity index is 1.46. The molecule has 1 aliphatic heterocycles. The Morgan fingerprint density at radius 3 is 2.64 bits per heavy atom. The average Bonchev–Trinajstić information content (AvgIpc) is 3.42. The number of aromatic nitrogens is 6. The highest BCUT2D eigenvalue weighted by atomic mass is 19.1. The summed E-state index contributed by atoms with van der Waals surface area (Å²) >= 11 is 0. The normalized spacial score (nSPS) is 13.8. The summed E-state index contributed by atoms with van der Waals surface area (Å²) in [6, 6.07) is 13.8. The van der Waals surface area contributed by atoms with Gasteiger partial charge in [0.15, 0.2) is 17.3 Å². The Kier molecular flexibility index (Phi) is 5.82. The molecule has 0 unspecified atom stereocenters. The Morgan fingerprint density at radius 2 is 1.85 bits per heavy atom. The van der Waals surface area contributed by atoms with Crippen molar-refractivity contribution < 1.29 is 9.18 Å². The second kappa shape index (κ2) is 9.35. The monoisotopic (exact) mass is 521 g/mol. The summed E-state index contributed by atoms with van der Waals surface area (Å²) in [5.74, 6) is 0.119. The summed E-state index contributed by atoms with van der Waals surface area (Å²) in [6.07, 6.45) is 4.97. The first-order valence-corrected chi connectivity index (χ1v) is 12.3. The van der Waals surface area contributed by atoms with Gasteiger partial charge >= 0.3 is 0 Å². The summed E-state index contributed by atoms with van der Waals surface area (Å²) in [6.45, 7) is 4.20. The summed E-state index contributed by atoms with van der Waals surface area (Å²) in [5, 5.41) is 8.30. The molecule has 0 saturated heterocycles. The Morgan fingerprint density at radius 1 is 1.05 bits per heavy atom. The molecule has 0 saturated carbocycles. The van der Waals surface area contributed by atoms with Gasteiger partial charge in [-0.05, 0) is 49.7 Å². The van der Waals surface area contributed by atoms with Crippen LogP contribution in [0.5, 0.6) is 0 Å². The van der Waals surface area contributed by atoms with Gasteiger partial charge in [-0.25, -0.2) is 29.0 Å². The van der Waals surface area contributed by atoms with E-state index in [-0.39, 0.29) is 30.4 Å². The van der Waals surface area contributed by atoms with E-state index in [0.717, 1.165) is 5.56 Å². The van der Waals surface area contributed by atoms with E-state index in [4.69, 9.17) is 15.8 Å². The smallest absolute Gasteiger partial charge is 0.270 e. The highest BCUT2D eigenvalue weighted by Gasteiger charge is 2.40. The standard InChI is InChI=1S/C28H24FN9O/c1-28(2)20-22(26(39)33-14-16-9-12-31-13-10-16)34-24(35-23(20)36-27(28)30)21-18-7-5-11-32-25(18)38(37-21)15-17-6-3-4-8-19(17)29/h3-13H,14-15H2,1-2H3,(H,33,39)(H2,30,34,35,36). The number of nitrogens with zero attached hydrogens (tertiary/aromatic N) is 7. The second-order valence-electron chi connectivity index (χ2n) is 9.73. The van der Waals surface area contributed by atoms with E-state index in [0.29, 0.717) is 39.5 Å². The van der Waals surface area contributed by atoms with Gasteiger partial charge in [-0.3, -0.25) is 9.78 Å². The Labute approximate surface area is 222 Å². The Hall–Kier alpha value is -5.06. The molecule has 10 nitrogen and oxygen atoms in total. The molecule has 1 amide bonds. The third-order valence-electron chi connectivity index (χ3n) is 6.80. The van der Waals surface area contributed by atoms with Crippen LogP contribution in [0.4, 0.5) is 10.2 Å². The molecule has 5 aromatic rings. The lowest BCUT2D eigenvalue weighted by molar-refractivity contribution is 0.0944. The number of nitrogens with two attached hydrogens (primary N) is 1. The number of carbonyl (C=O) groups excluding carboxylic acids is 1. The number of nitrogens with one attached hydrogen (secondary N) is 1. The molecule has 0 bridgehead atoms. The molecule has 39 heavy (non-hydrogen) atoms. The minimum atomic E-state index is -0.745. The third-order valence-corrected chi connectivity index (χ3v) is 6.80. The molecular weight excluding hydrogens is 497 g/mol. The van der Waals surface area contributed by atoms with Crippen LogP contribution in [0.15, 0.2) is 72.1 Å². The summed E-state index contributed by atoms with van der Waals surface area (Å²) in [5.41, 5.74) is 8.52. The number of hydrogen-bond donors (Lipinski definition) is 2. The lowest BCUT2D eigenvalue weighted by Crippen LogP contribution is -2.35. The molecule has 6 rings (SSSR count). The van der Waals surface area contributed by atoms with Crippen molar-refractivity contribution in [2.24, 2.45) is 10.7 Å². The zero-order valence-electron chi connectivity index (χ0n) is 21.3. The van der Waals surface area contributed by atoms with Crippen molar-refractivity contribution in [3.8, 4) is 11.5 Å². The number of fused-ring (bicyclic) bond motifs is 2. The van der Waals surface area contributed by atoms with Gasteiger partial charge in [0.05, 0.1) is 17.3 Å². The number of rotatable bonds is 6. The molecule has 0 radical (unpaired) electrons. The van der Waals surface area contributed by atoms with E-state index in [1.54, 1.807) is 47.5 Å². The molecule has 0 fully saturated rings. The van der Waals surface area contributed by atoms with Crippen LogP contribution in [-0.4, -0.2) is 41.5 Å². The number of halogens is 1. The average molecular weight is 522 g/mol. The number of carbonyl (C=O) groups is 1. The Bertz CT molecular complexity index is 1760. The van der Waals surface area contributed by atoms with E-state index in [1.807, 2.05) is 32.0 Å². The topological polar surface area (TPSA) is 137 Å². The van der Waals surface area contributed by atoms with Gasteiger partial charge in [0.1, 0.15) is 23.0 Å². The predicted molar refractivity (Wildman–Crippen MR) is 144 cm³/mol. The number of hydrogen-bond acceptors (Lipinski definition) is 8. The molecular formula is C28H24FN9O. The molecule has 5 heterocycles. The van der Waals surface area contributed by atoms with Crippen molar-refractivity contribution in [1.29, 1.82) is 0 Å². The van der Waals surface area contributed by atoms with Gasteiger partial charge in [-0.15, -0.1) is 0 Å². The maximum Gasteiger partial charge on any atom is 0.270 e. The highest BCUT2D eigenvalue weighted by Crippen LogP contribution is 2.40. The van der Waals surface area contributed by atoms with Crippen molar-refractivity contribution in [1.82, 2.24) is 35.0 Å². The lowest BCUT2D eigenvalue weighted by atomic mass is 9.84. The van der Waals surface area contributed by atoms with Crippen molar-refractivity contribution in [3.05, 3.63) is 95.3 Å². The summed E-state index contributed by atoms with van der Waals surface area (Å²) in [4.78, 5) is 35.8. The van der Waals surface area contributed by atoms with E-state index in [1.165, 1.54) is 6.07 Å². The van der Waals surface area contributed by atoms with Crippen LogP contribution < -0.4 is 11.1 Å². The first-order chi connectivity index (χ1) is 18.8. The van der Waals surface area contributed by atoms with E-state index < -0.39 is 11.3 Å². The molecule has 3 N–H and O–H groups in total. The van der Waals surface area contributed by atoms with E-state index in [2.05, 4.69) is 25.3 Å². The lowest BCUT2D eigenvalue weighted by Gasteiger charge is -2.21. The van der Waals surface area contributed by atoms with Gasteiger partial charge in [0.2, 0.25) is 0 Å². The number of amidine groups is 1. The summed E-state index contributed by atoms with van der Waals surface area (Å²) in [7, 11) is 0. The first kappa shape index (κ1) is 24.3. The van der Waals surface area contributed by atoms with Crippen LogP contribution in [-0.2, 0) is 18.5 Å². The minimum Gasteiger partial charge on any atom is -0.386 e. The maximum absolute atomic E-state index is 14.4. The molecule has 4 aromatic heterocycles. The molecule has 0 atom stereocenters. The SMILES string of the molecule is CC1(C)C(N)=Nc2nc(-c3nn(Cc4ccccc4F)c4ncccc34)nc(C(=O)NCc3ccncc3)c21. The molecule has 0 spiro atoms. The number of benzene rings is 1. The van der Waals surface area contributed by atoms with Gasteiger partial charge in [0, 0.05) is 36.3 Å². The van der Waals surface area contributed by atoms with Gasteiger partial charge in [0.25, 0.3) is 5.91 Å². The molecule has 11 heteroatoms. The fourth-order valence-electron chi connectivity index (χ4n) is 4.60. The van der Waals surface area contributed by atoms with E-state index >= 15 is 0 Å². The van der Waals surface area contributed by atoms with Crippen molar-refractivity contribution in [2.75, 3.05) is 0 Å². The van der Waals surface area contributed by atoms with Crippen LogP contribution in [0, 0.1) is 5.82 Å². The van der Waals surface area contributed by atoms with Crippen LogP contribution in [0.3, 0.4) is 0 Å². The molecule has 0 aliphatic carbocycles. The quantitative estimate of drug-likeness (QED) is 0.348. The third kappa shape index (κ3) is 4.27. The maximum atomic E-state index is 14.4. The number of pyridine rings is 2. The first-order valence-electron chi connectivity index (χ1n) is 12.3. The zero-order chi connectivity index (χ0) is 27.1. The highest BCUT2D eigenvalue weighted by molar-refractivity contribution is 6.04. The fourth-order valence-corrected chi connectivity index (χ4v) is 4.60. The minimum absolute atomic E-state index is 0.155. The van der Waals surface area contributed by atoms with Crippen molar-refractivity contribution in [3.63, 3.8) is 0 Å².